The van der Waals surface area contributed by atoms with Crippen LogP contribution in [0.15, 0.2) is 17.5 Å². The van der Waals surface area contributed by atoms with Gasteiger partial charge in [0.15, 0.2) is 5.78 Å². The first kappa shape index (κ1) is 8.91. The Morgan fingerprint density at radius 3 is 3.15 bits per heavy atom. The maximum atomic E-state index is 11.8. The molecule has 2 rings (SSSR count). The summed E-state index contributed by atoms with van der Waals surface area (Å²) >= 11 is 1.55. The molecule has 1 aromatic rings. The van der Waals surface area contributed by atoms with Crippen molar-refractivity contribution in [3.8, 4) is 0 Å². The van der Waals surface area contributed by atoms with Crippen LogP contribution < -0.4 is 5.32 Å². The van der Waals surface area contributed by atoms with E-state index in [1.54, 1.807) is 11.3 Å². The number of carbonyl (C=O) groups excluding carboxylic acids is 1. The third-order valence-corrected chi connectivity index (χ3v) is 3.32. The van der Waals surface area contributed by atoms with Crippen molar-refractivity contribution in [2.24, 2.45) is 5.92 Å². The van der Waals surface area contributed by atoms with Crippen LogP contribution in [-0.4, -0.2) is 18.9 Å². The topological polar surface area (TPSA) is 29.1 Å². The molecule has 1 aliphatic rings. The lowest BCUT2D eigenvalue weighted by molar-refractivity contribution is 0.0904. The minimum Gasteiger partial charge on any atom is -0.316 e. The van der Waals surface area contributed by atoms with Gasteiger partial charge in [-0.25, -0.2) is 0 Å². The Morgan fingerprint density at radius 1 is 1.62 bits per heavy atom. The van der Waals surface area contributed by atoms with E-state index in [2.05, 4.69) is 5.32 Å². The Bertz CT molecular complexity index is 275. The molecule has 1 N–H and O–H groups in total. The molecule has 0 unspecified atom stereocenters. The lowest BCUT2D eigenvalue weighted by Gasteiger charge is -2.20. The highest BCUT2D eigenvalue weighted by atomic mass is 32.1. The summed E-state index contributed by atoms with van der Waals surface area (Å²) in [4.78, 5) is 12.7. The third-order valence-electron chi connectivity index (χ3n) is 2.43. The second-order valence-electron chi connectivity index (χ2n) is 3.38. The first-order valence-electron chi connectivity index (χ1n) is 4.66. The molecule has 1 fully saturated rings. The van der Waals surface area contributed by atoms with Gasteiger partial charge in [0.2, 0.25) is 0 Å². The lowest BCUT2D eigenvalue weighted by Crippen LogP contribution is -2.34. The molecular weight excluding hydrogens is 182 g/mol. The Balaban J connectivity index is 2.04. The van der Waals surface area contributed by atoms with Crippen LogP contribution in [-0.2, 0) is 0 Å². The Morgan fingerprint density at radius 2 is 2.54 bits per heavy atom. The van der Waals surface area contributed by atoms with Gasteiger partial charge in [0.05, 0.1) is 4.88 Å². The van der Waals surface area contributed by atoms with E-state index in [-0.39, 0.29) is 5.92 Å². The molecule has 2 heterocycles. The van der Waals surface area contributed by atoms with Crippen molar-refractivity contribution in [2.45, 2.75) is 12.8 Å². The lowest BCUT2D eigenvalue weighted by atomic mass is 9.94. The van der Waals surface area contributed by atoms with Crippen molar-refractivity contribution in [3.05, 3.63) is 22.4 Å². The zero-order chi connectivity index (χ0) is 9.10. The van der Waals surface area contributed by atoms with Gasteiger partial charge in [-0.15, -0.1) is 11.3 Å². The SMILES string of the molecule is O=C(c1cccs1)[C@@H]1CCCNC1. The molecule has 0 amide bonds. The van der Waals surface area contributed by atoms with E-state index in [0.29, 0.717) is 5.78 Å². The second-order valence-corrected chi connectivity index (χ2v) is 4.33. The van der Waals surface area contributed by atoms with E-state index >= 15 is 0 Å². The number of carbonyl (C=O) groups is 1. The summed E-state index contributed by atoms with van der Waals surface area (Å²) in [5, 5.41) is 5.22. The van der Waals surface area contributed by atoms with E-state index in [0.717, 1.165) is 30.8 Å². The van der Waals surface area contributed by atoms with Crippen LogP contribution in [0.3, 0.4) is 0 Å². The van der Waals surface area contributed by atoms with Gasteiger partial charge in [-0.3, -0.25) is 4.79 Å². The zero-order valence-corrected chi connectivity index (χ0v) is 8.27. The summed E-state index contributed by atoms with van der Waals surface area (Å²) in [6.07, 6.45) is 2.17. The Labute approximate surface area is 82.0 Å². The molecule has 0 aliphatic carbocycles. The van der Waals surface area contributed by atoms with Gasteiger partial charge in [-0.05, 0) is 30.8 Å². The quantitative estimate of drug-likeness (QED) is 0.731. The molecule has 0 radical (unpaired) electrons. The summed E-state index contributed by atoms with van der Waals surface area (Å²) in [6, 6.07) is 3.86. The van der Waals surface area contributed by atoms with Crippen molar-refractivity contribution in [3.63, 3.8) is 0 Å². The predicted octanol–water partition coefficient (Wildman–Crippen LogP) is 1.93. The number of thiophene rings is 1. The Kier molecular flexibility index (Phi) is 2.76. The fraction of sp³-hybridized carbons (Fsp3) is 0.500. The van der Waals surface area contributed by atoms with Crippen molar-refractivity contribution < 1.29 is 4.79 Å². The van der Waals surface area contributed by atoms with Gasteiger partial charge in [0, 0.05) is 12.5 Å². The fourth-order valence-electron chi connectivity index (χ4n) is 1.70. The van der Waals surface area contributed by atoms with Crippen LogP contribution in [0.4, 0.5) is 0 Å². The molecule has 0 spiro atoms. The number of rotatable bonds is 2. The van der Waals surface area contributed by atoms with Crippen molar-refractivity contribution in [1.29, 1.82) is 0 Å². The predicted molar refractivity (Wildman–Crippen MR) is 54.2 cm³/mol. The van der Waals surface area contributed by atoms with E-state index in [9.17, 15) is 4.79 Å². The maximum absolute atomic E-state index is 11.8. The van der Waals surface area contributed by atoms with E-state index in [1.807, 2.05) is 17.5 Å². The number of nitrogens with one attached hydrogen (secondary N) is 1. The summed E-state index contributed by atoms with van der Waals surface area (Å²) in [7, 11) is 0. The van der Waals surface area contributed by atoms with Crippen molar-refractivity contribution in [1.82, 2.24) is 5.32 Å². The van der Waals surface area contributed by atoms with E-state index in [4.69, 9.17) is 0 Å². The number of hydrogen-bond acceptors (Lipinski definition) is 3. The molecular formula is C10H13NOS. The molecule has 1 aromatic heterocycles. The van der Waals surface area contributed by atoms with Gasteiger partial charge >= 0.3 is 0 Å². The number of piperidine rings is 1. The molecule has 3 heteroatoms. The highest BCUT2D eigenvalue weighted by molar-refractivity contribution is 7.12. The Hall–Kier alpha value is -0.670. The van der Waals surface area contributed by atoms with E-state index < -0.39 is 0 Å². The minimum absolute atomic E-state index is 0.215. The highest BCUT2D eigenvalue weighted by Crippen LogP contribution is 2.19. The zero-order valence-electron chi connectivity index (χ0n) is 7.45. The molecule has 70 valence electrons. The first-order chi connectivity index (χ1) is 6.38. The minimum atomic E-state index is 0.215. The molecule has 1 aliphatic heterocycles. The number of hydrogen-bond donors (Lipinski definition) is 1. The van der Waals surface area contributed by atoms with Gasteiger partial charge in [0.1, 0.15) is 0 Å². The largest absolute Gasteiger partial charge is 0.316 e. The molecule has 2 nitrogen and oxygen atoms in total. The van der Waals surface area contributed by atoms with E-state index in [1.165, 1.54) is 0 Å². The smallest absolute Gasteiger partial charge is 0.177 e. The first-order valence-corrected chi connectivity index (χ1v) is 5.54. The van der Waals surface area contributed by atoms with Gasteiger partial charge in [0.25, 0.3) is 0 Å². The van der Waals surface area contributed by atoms with Crippen LogP contribution in [0.25, 0.3) is 0 Å². The number of ketones is 1. The summed E-state index contributed by atoms with van der Waals surface area (Å²) in [5.74, 6) is 0.537. The molecule has 0 aromatic carbocycles. The van der Waals surface area contributed by atoms with Crippen LogP contribution in [0.2, 0.25) is 0 Å². The molecule has 13 heavy (non-hydrogen) atoms. The van der Waals surface area contributed by atoms with Gasteiger partial charge < -0.3 is 5.32 Å². The van der Waals surface area contributed by atoms with Gasteiger partial charge in [-0.1, -0.05) is 6.07 Å². The average Bonchev–Trinajstić information content (AvgIpc) is 2.71. The van der Waals surface area contributed by atoms with Crippen LogP contribution >= 0.6 is 11.3 Å². The standard InChI is InChI=1S/C10H13NOS/c12-10(9-4-2-6-13-9)8-3-1-5-11-7-8/h2,4,6,8,11H,1,3,5,7H2/t8-/m1/s1. The maximum Gasteiger partial charge on any atom is 0.177 e. The fourth-order valence-corrected chi connectivity index (χ4v) is 2.44. The van der Waals surface area contributed by atoms with Crippen LogP contribution in [0, 0.1) is 5.92 Å². The second kappa shape index (κ2) is 4.03. The number of Topliss-reactive ketones (excluding diaryl/α,β-unsaturated/α-hetero) is 1. The average molecular weight is 195 g/mol. The molecule has 0 saturated carbocycles. The summed E-state index contributed by atoms with van der Waals surface area (Å²) in [6.45, 7) is 1.92. The van der Waals surface area contributed by atoms with Crippen LogP contribution in [0.5, 0.6) is 0 Å². The van der Waals surface area contributed by atoms with Crippen molar-refractivity contribution >= 4 is 17.1 Å². The normalized spacial score (nSPS) is 22.9. The summed E-state index contributed by atoms with van der Waals surface area (Å²) < 4.78 is 0. The molecule has 1 atom stereocenters. The monoisotopic (exact) mass is 195 g/mol. The van der Waals surface area contributed by atoms with Gasteiger partial charge in [-0.2, -0.15) is 0 Å². The highest BCUT2D eigenvalue weighted by Gasteiger charge is 2.22. The molecule has 1 saturated heterocycles. The molecule has 0 bridgehead atoms. The van der Waals surface area contributed by atoms with Crippen molar-refractivity contribution in [2.75, 3.05) is 13.1 Å². The summed E-state index contributed by atoms with van der Waals surface area (Å²) in [5.41, 5.74) is 0. The third kappa shape index (κ3) is 1.98. The van der Waals surface area contributed by atoms with Crippen LogP contribution in [0.1, 0.15) is 22.5 Å².